The van der Waals surface area contributed by atoms with Gasteiger partial charge in [0.15, 0.2) is 0 Å². The number of hydrogen-bond donors (Lipinski definition) is 1. The SMILES string of the molecule is N#CCC(=O)NC1=CC=C(F)CC1. The first-order chi connectivity index (χ1) is 6.22. The van der Waals surface area contributed by atoms with E-state index in [-0.39, 0.29) is 18.2 Å². The fourth-order valence-corrected chi connectivity index (χ4v) is 1.01. The van der Waals surface area contributed by atoms with Gasteiger partial charge in [-0.25, -0.2) is 4.39 Å². The van der Waals surface area contributed by atoms with Crippen LogP contribution in [0.1, 0.15) is 19.3 Å². The molecule has 3 nitrogen and oxygen atoms in total. The van der Waals surface area contributed by atoms with Gasteiger partial charge in [-0.1, -0.05) is 0 Å². The molecule has 4 heteroatoms. The fraction of sp³-hybridized carbons (Fsp3) is 0.333. The smallest absolute Gasteiger partial charge is 0.238 e. The van der Waals surface area contributed by atoms with Crippen LogP contribution in [0.5, 0.6) is 0 Å². The van der Waals surface area contributed by atoms with E-state index in [1.165, 1.54) is 12.2 Å². The number of carbonyl (C=O) groups excluding carboxylic acids is 1. The zero-order valence-corrected chi connectivity index (χ0v) is 7.01. The van der Waals surface area contributed by atoms with Gasteiger partial charge >= 0.3 is 0 Å². The Bertz CT molecular complexity index is 312. The summed E-state index contributed by atoms with van der Waals surface area (Å²) < 4.78 is 12.5. The van der Waals surface area contributed by atoms with Crippen LogP contribution in [0, 0.1) is 11.3 Å². The quantitative estimate of drug-likeness (QED) is 0.700. The summed E-state index contributed by atoms with van der Waals surface area (Å²) in [6.07, 6.45) is 3.49. The number of carbonyl (C=O) groups is 1. The Hall–Kier alpha value is -1.63. The maximum Gasteiger partial charge on any atom is 0.238 e. The average Bonchev–Trinajstić information content (AvgIpc) is 2.09. The number of halogens is 1. The van der Waals surface area contributed by atoms with Crippen LogP contribution in [0.4, 0.5) is 4.39 Å². The molecule has 0 aromatic rings. The van der Waals surface area contributed by atoms with Crippen LogP contribution in [-0.2, 0) is 4.79 Å². The lowest BCUT2D eigenvalue weighted by molar-refractivity contribution is -0.119. The fourth-order valence-electron chi connectivity index (χ4n) is 1.01. The van der Waals surface area contributed by atoms with Crippen LogP contribution in [0.25, 0.3) is 0 Å². The van der Waals surface area contributed by atoms with Crippen molar-refractivity contribution in [3.8, 4) is 6.07 Å². The van der Waals surface area contributed by atoms with E-state index < -0.39 is 0 Å². The summed E-state index contributed by atoms with van der Waals surface area (Å²) in [5.74, 6) is -0.525. The second-order valence-electron chi connectivity index (χ2n) is 2.69. The second-order valence-corrected chi connectivity index (χ2v) is 2.69. The first-order valence-electron chi connectivity index (χ1n) is 3.94. The lowest BCUT2D eigenvalue weighted by Gasteiger charge is -2.10. The second kappa shape index (κ2) is 4.41. The maximum atomic E-state index is 12.5. The van der Waals surface area contributed by atoms with Gasteiger partial charge in [-0.2, -0.15) is 5.26 Å². The third kappa shape index (κ3) is 3.08. The van der Waals surface area contributed by atoms with E-state index in [1.54, 1.807) is 6.07 Å². The lowest BCUT2D eigenvalue weighted by Crippen LogP contribution is -2.22. The van der Waals surface area contributed by atoms with Gasteiger partial charge in [0.25, 0.3) is 0 Å². The molecular weight excluding hydrogens is 171 g/mol. The third-order valence-electron chi connectivity index (χ3n) is 1.64. The molecule has 1 amide bonds. The van der Waals surface area contributed by atoms with Crippen molar-refractivity contribution in [1.82, 2.24) is 5.32 Å². The van der Waals surface area contributed by atoms with Crippen LogP contribution >= 0.6 is 0 Å². The molecule has 0 saturated carbocycles. The predicted molar refractivity (Wildman–Crippen MR) is 44.9 cm³/mol. The molecule has 1 rings (SSSR count). The summed E-state index contributed by atoms with van der Waals surface area (Å²) in [5.41, 5.74) is 0.668. The molecule has 0 bridgehead atoms. The number of nitrogens with zero attached hydrogens (tertiary/aromatic N) is 1. The largest absolute Gasteiger partial charge is 0.329 e. The van der Waals surface area contributed by atoms with Crippen molar-refractivity contribution in [2.45, 2.75) is 19.3 Å². The van der Waals surface area contributed by atoms with Crippen molar-refractivity contribution in [2.24, 2.45) is 0 Å². The van der Waals surface area contributed by atoms with Gasteiger partial charge in [-0.3, -0.25) is 4.79 Å². The highest BCUT2D eigenvalue weighted by Crippen LogP contribution is 2.16. The molecule has 0 aromatic carbocycles. The van der Waals surface area contributed by atoms with Crippen LogP contribution in [-0.4, -0.2) is 5.91 Å². The number of hydrogen-bond acceptors (Lipinski definition) is 2. The summed E-state index contributed by atoms with van der Waals surface area (Å²) in [7, 11) is 0. The number of nitriles is 1. The van der Waals surface area contributed by atoms with E-state index in [9.17, 15) is 9.18 Å². The highest BCUT2D eigenvalue weighted by molar-refractivity contribution is 5.79. The van der Waals surface area contributed by atoms with Gasteiger partial charge in [0.1, 0.15) is 12.2 Å². The van der Waals surface area contributed by atoms with Crippen molar-refractivity contribution in [3.63, 3.8) is 0 Å². The molecular formula is C9H9FN2O. The topological polar surface area (TPSA) is 52.9 Å². The van der Waals surface area contributed by atoms with Gasteiger partial charge in [0.2, 0.25) is 5.91 Å². The molecule has 68 valence electrons. The summed E-state index contributed by atoms with van der Waals surface area (Å²) in [6, 6.07) is 1.74. The molecule has 1 aliphatic rings. The molecule has 0 radical (unpaired) electrons. The average molecular weight is 180 g/mol. The van der Waals surface area contributed by atoms with E-state index in [1.807, 2.05) is 0 Å². The Morgan fingerprint density at radius 3 is 2.92 bits per heavy atom. The number of amides is 1. The minimum absolute atomic E-state index is 0.163. The minimum atomic E-state index is -0.343. The molecule has 13 heavy (non-hydrogen) atoms. The van der Waals surface area contributed by atoms with Gasteiger partial charge < -0.3 is 5.32 Å². The molecule has 0 aromatic heterocycles. The Morgan fingerprint density at radius 1 is 1.62 bits per heavy atom. The van der Waals surface area contributed by atoms with E-state index in [4.69, 9.17) is 5.26 Å². The van der Waals surface area contributed by atoms with Crippen LogP contribution in [0.15, 0.2) is 23.7 Å². The van der Waals surface area contributed by atoms with Crippen molar-refractivity contribution in [3.05, 3.63) is 23.7 Å². The number of rotatable bonds is 2. The molecule has 0 atom stereocenters. The normalized spacial score (nSPS) is 15.4. The van der Waals surface area contributed by atoms with Crippen LogP contribution < -0.4 is 5.32 Å². The van der Waals surface area contributed by atoms with E-state index in [0.717, 1.165) is 0 Å². The highest BCUT2D eigenvalue weighted by Gasteiger charge is 2.08. The van der Waals surface area contributed by atoms with Crippen LogP contribution in [0.3, 0.4) is 0 Å². The molecule has 0 saturated heterocycles. The summed E-state index contributed by atoms with van der Waals surface area (Å²) in [4.78, 5) is 10.9. The maximum absolute atomic E-state index is 12.5. The summed E-state index contributed by atoms with van der Waals surface area (Å²) in [6.45, 7) is 0. The first kappa shape index (κ1) is 9.46. The minimum Gasteiger partial charge on any atom is -0.329 e. The standard InChI is InChI=1S/C9H9FN2O/c10-7-1-3-8(4-2-7)12-9(13)5-6-11/h1,3H,2,4-5H2,(H,12,13). The molecule has 1 N–H and O–H groups in total. The third-order valence-corrected chi connectivity index (χ3v) is 1.64. The molecule has 0 fully saturated rings. The molecule has 0 unspecified atom stereocenters. The molecule has 0 spiro atoms. The van der Waals surface area contributed by atoms with Crippen molar-refractivity contribution < 1.29 is 9.18 Å². The zero-order chi connectivity index (χ0) is 9.68. The molecule has 1 aliphatic carbocycles. The number of nitrogens with one attached hydrogen (secondary N) is 1. The van der Waals surface area contributed by atoms with Gasteiger partial charge in [-0.05, 0) is 18.6 Å². The Kier molecular flexibility index (Phi) is 3.21. The van der Waals surface area contributed by atoms with Gasteiger partial charge in [0.05, 0.1) is 6.07 Å². The van der Waals surface area contributed by atoms with E-state index in [2.05, 4.69) is 5.32 Å². The Labute approximate surface area is 75.5 Å². The van der Waals surface area contributed by atoms with Crippen LogP contribution in [0.2, 0.25) is 0 Å². The highest BCUT2D eigenvalue weighted by atomic mass is 19.1. The van der Waals surface area contributed by atoms with E-state index in [0.29, 0.717) is 18.5 Å². The van der Waals surface area contributed by atoms with Crippen molar-refractivity contribution in [1.29, 1.82) is 5.26 Å². The lowest BCUT2D eigenvalue weighted by atomic mass is 10.1. The zero-order valence-electron chi connectivity index (χ0n) is 7.01. The van der Waals surface area contributed by atoms with Gasteiger partial charge in [-0.15, -0.1) is 0 Å². The molecule has 0 aliphatic heterocycles. The molecule has 0 heterocycles. The van der Waals surface area contributed by atoms with Gasteiger partial charge in [0, 0.05) is 12.1 Å². The number of allylic oxidation sites excluding steroid dienone is 4. The van der Waals surface area contributed by atoms with E-state index >= 15 is 0 Å². The monoisotopic (exact) mass is 180 g/mol. The summed E-state index contributed by atoms with van der Waals surface area (Å²) in [5, 5.41) is 10.7. The summed E-state index contributed by atoms with van der Waals surface area (Å²) >= 11 is 0. The Morgan fingerprint density at radius 2 is 2.38 bits per heavy atom. The van der Waals surface area contributed by atoms with Crippen molar-refractivity contribution >= 4 is 5.91 Å². The Balaban J connectivity index is 2.47. The van der Waals surface area contributed by atoms with Crippen molar-refractivity contribution in [2.75, 3.05) is 0 Å². The predicted octanol–water partition coefficient (Wildman–Crippen LogP) is 1.55. The first-order valence-corrected chi connectivity index (χ1v) is 3.94.